The number of aromatic amines is 1. The number of nitrogens with zero attached hydrogens (tertiary/aromatic N) is 4. The van der Waals surface area contributed by atoms with Crippen molar-refractivity contribution in [3.63, 3.8) is 0 Å². The third-order valence-corrected chi connectivity index (χ3v) is 5.71. The van der Waals surface area contributed by atoms with Gasteiger partial charge in [0.05, 0.1) is 17.5 Å². The van der Waals surface area contributed by atoms with Crippen molar-refractivity contribution in [3.05, 3.63) is 41.9 Å². The minimum Gasteiger partial charge on any atom is -0.468 e. The first kappa shape index (κ1) is 19.4. The molecule has 2 aromatic rings. The summed E-state index contributed by atoms with van der Waals surface area (Å²) in [7, 11) is 0. The maximum Gasteiger partial charge on any atom is 0.260 e. The van der Waals surface area contributed by atoms with Crippen LogP contribution in [0.1, 0.15) is 54.1 Å². The van der Waals surface area contributed by atoms with Crippen molar-refractivity contribution >= 4 is 11.8 Å². The highest BCUT2D eigenvalue weighted by molar-refractivity contribution is 5.95. The highest BCUT2D eigenvalue weighted by Gasteiger charge is 2.30. The number of pyridine rings is 1. The van der Waals surface area contributed by atoms with Gasteiger partial charge in [0.25, 0.3) is 11.8 Å². The van der Waals surface area contributed by atoms with Crippen LogP contribution in [-0.4, -0.2) is 69.6 Å². The number of piperidine rings is 2. The van der Waals surface area contributed by atoms with E-state index in [-0.39, 0.29) is 24.3 Å². The molecule has 8 heteroatoms. The summed E-state index contributed by atoms with van der Waals surface area (Å²) in [5.41, 5.74) is 1.50. The van der Waals surface area contributed by atoms with E-state index in [9.17, 15) is 9.59 Å². The number of hydrogen-bond donors (Lipinski definition) is 1. The Bertz CT molecular complexity index is 832. The van der Waals surface area contributed by atoms with Gasteiger partial charge < -0.3 is 14.5 Å². The van der Waals surface area contributed by atoms with Crippen LogP contribution in [0, 0.1) is 0 Å². The zero-order valence-corrected chi connectivity index (χ0v) is 16.5. The van der Waals surface area contributed by atoms with Crippen molar-refractivity contribution in [2.45, 2.75) is 38.0 Å². The standard InChI is InChI=1S/C21H27N5O3/c27-19(15-29-18-8-2-3-9-22-18)26-12-6-7-16(14-26)20-17(13-23-24-20)21(28)25-10-4-1-5-11-25/h2-3,8-9,13,16H,1,4-7,10-12,14-15H2,(H,23,24)/t16-/m1/s1. The van der Waals surface area contributed by atoms with E-state index in [2.05, 4.69) is 15.2 Å². The smallest absolute Gasteiger partial charge is 0.260 e. The van der Waals surface area contributed by atoms with E-state index in [0.29, 0.717) is 24.5 Å². The molecule has 0 radical (unpaired) electrons. The summed E-state index contributed by atoms with van der Waals surface area (Å²) in [6, 6.07) is 5.36. The molecular weight excluding hydrogens is 370 g/mol. The van der Waals surface area contributed by atoms with Gasteiger partial charge >= 0.3 is 0 Å². The maximum atomic E-state index is 13.0. The molecule has 0 spiro atoms. The largest absolute Gasteiger partial charge is 0.468 e. The summed E-state index contributed by atoms with van der Waals surface area (Å²) in [6.45, 7) is 2.84. The van der Waals surface area contributed by atoms with Gasteiger partial charge in [0, 0.05) is 44.4 Å². The molecule has 0 bridgehead atoms. The Morgan fingerprint density at radius 2 is 1.93 bits per heavy atom. The molecule has 1 atom stereocenters. The Labute approximate surface area is 170 Å². The molecule has 0 aliphatic carbocycles. The van der Waals surface area contributed by atoms with Crippen LogP contribution in [0.25, 0.3) is 0 Å². The lowest BCUT2D eigenvalue weighted by Crippen LogP contribution is -2.42. The zero-order valence-electron chi connectivity index (χ0n) is 16.5. The molecule has 0 aromatic carbocycles. The van der Waals surface area contributed by atoms with E-state index < -0.39 is 0 Å². The van der Waals surface area contributed by atoms with Crippen LogP contribution in [0.3, 0.4) is 0 Å². The van der Waals surface area contributed by atoms with Crippen molar-refractivity contribution in [1.82, 2.24) is 25.0 Å². The Morgan fingerprint density at radius 1 is 1.10 bits per heavy atom. The second-order valence-electron chi connectivity index (χ2n) is 7.69. The zero-order chi connectivity index (χ0) is 20.1. The average molecular weight is 397 g/mol. The van der Waals surface area contributed by atoms with Gasteiger partial charge in [-0.15, -0.1) is 0 Å². The molecule has 2 amide bonds. The monoisotopic (exact) mass is 397 g/mol. The molecule has 4 rings (SSSR count). The second-order valence-corrected chi connectivity index (χ2v) is 7.69. The number of ether oxygens (including phenoxy) is 1. The van der Waals surface area contributed by atoms with E-state index in [1.807, 2.05) is 15.9 Å². The molecule has 29 heavy (non-hydrogen) atoms. The number of carbonyl (C=O) groups is 2. The number of hydrogen-bond acceptors (Lipinski definition) is 5. The molecule has 2 saturated heterocycles. The van der Waals surface area contributed by atoms with E-state index in [1.165, 1.54) is 6.42 Å². The summed E-state index contributed by atoms with van der Waals surface area (Å²) in [6.07, 6.45) is 8.38. The first-order valence-corrected chi connectivity index (χ1v) is 10.4. The fourth-order valence-electron chi connectivity index (χ4n) is 4.14. The van der Waals surface area contributed by atoms with Crippen LogP contribution in [0.4, 0.5) is 0 Å². The van der Waals surface area contributed by atoms with Crippen LogP contribution in [0.5, 0.6) is 5.88 Å². The number of H-pyrrole nitrogens is 1. The molecule has 4 heterocycles. The van der Waals surface area contributed by atoms with Gasteiger partial charge in [-0.05, 0) is 38.2 Å². The fraction of sp³-hybridized carbons (Fsp3) is 0.524. The second kappa shape index (κ2) is 9.07. The lowest BCUT2D eigenvalue weighted by molar-refractivity contribution is -0.134. The number of nitrogens with one attached hydrogen (secondary N) is 1. The van der Waals surface area contributed by atoms with Gasteiger partial charge in [-0.2, -0.15) is 5.10 Å². The van der Waals surface area contributed by atoms with Crippen LogP contribution in [0.15, 0.2) is 30.6 Å². The Kier molecular flexibility index (Phi) is 6.07. The maximum absolute atomic E-state index is 13.0. The van der Waals surface area contributed by atoms with Crippen molar-refractivity contribution in [2.75, 3.05) is 32.8 Å². The highest BCUT2D eigenvalue weighted by Crippen LogP contribution is 2.29. The SMILES string of the molecule is O=C(COc1ccccn1)N1CCC[C@@H](c2[nH]ncc2C(=O)N2CCCCC2)C1. The Balaban J connectivity index is 1.39. The summed E-state index contributed by atoms with van der Waals surface area (Å²) in [5.74, 6) is 0.505. The summed E-state index contributed by atoms with van der Waals surface area (Å²) in [5, 5.41) is 7.19. The van der Waals surface area contributed by atoms with Crippen LogP contribution in [0.2, 0.25) is 0 Å². The fourth-order valence-corrected chi connectivity index (χ4v) is 4.14. The molecule has 8 nitrogen and oxygen atoms in total. The number of amides is 2. The predicted molar refractivity (Wildman–Crippen MR) is 107 cm³/mol. The molecule has 2 aliphatic rings. The molecule has 2 aliphatic heterocycles. The van der Waals surface area contributed by atoms with Gasteiger partial charge in [0.2, 0.25) is 5.88 Å². The first-order valence-electron chi connectivity index (χ1n) is 10.4. The van der Waals surface area contributed by atoms with Crippen molar-refractivity contribution in [3.8, 4) is 5.88 Å². The Hall–Kier alpha value is -2.90. The van der Waals surface area contributed by atoms with Gasteiger partial charge in [-0.25, -0.2) is 4.98 Å². The van der Waals surface area contributed by atoms with Gasteiger partial charge in [0.1, 0.15) is 0 Å². The third-order valence-electron chi connectivity index (χ3n) is 5.71. The summed E-state index contributed by atoms with van der Waals surface area (Å²) < 4.78 is 5.50. The first-order chi connectivity index (χ1) is 14.2. The normalized spacial score (nSPS) is 19.8. The Morgan fingerprint density at radius 3 is 2.72 bits per heavy atom. The molecule has 154 valence electrons. The molecule has 0 unspecified atom stereocenters. The number of aromatic nitrogens is 3. The van der Waals surface area contributed by atoms with Gasteiger partial charge in [0.15, 0.2) is 6.61 Å². The van der Waals surface area contributed by atoms with E-state index >= 15 is 0 Å². The lowest BCUT2D eigenvalue weighted by atomic mass is 9.92. The minimum atomic E-state index is -0.0659. The molecule has 0 saturated carbocycles. The van der Waals surface area contributed by atoms with Crippen LogP contribution < -0.4 is 4.74 Å². The number of carbonyl (C=O) groups excluding carboxylic acids is 2. The van der Waals surface area contributed by atoms with Crippen molar-refractivity contribution in [1.29, 1.82) is 0 Å². The van der Waals surface area contributed by atoms with E-state index in [4.69, 9.17) is 4.74 Å². The molecular formula is C21H27N5O3. The number of likely N-dealkylation sites (tertiary alicyclic amines) is 2. The van der Waals surface area contributed by atoms with Crippen LogP contribution >= 0.6 is 0 Å². The molecule has 2 fully saturated rings. The average Bonchev–Trinajstić information content (AvgIpc) is 3.28. The summed E-state index contributed by atoms with van der Waals surface area (Å²) >= 11 is 0. The number of rotatable bonds is 5. The lowest BCUT2D eigenvalue weighted by Gasteiger charge is -2.33. The third kappa shape index (κ3) is 4.58. The quantitative estimate of drug-likeness (QED) is 0.835. The topological polar surface area (TPSA) is 91.4 Å². The van der Waals surface area contributed by atoms with E-state index in [0.717, 1.165) is 44.5 Å². The highest BCUT2D eigenvalue weighted by atomic mass is 16.5. The molecule has 1 N–H and O–H groups in total. The van der Waals surface area contributed by atoms with E-state index in [1.54, 1.807) is 24.5 Å². The van der Waals surface area contributed by atoms with Crippen molar-refractivity contribution in [2.24, 2.45) is 0 Å². The minimum absolute atomic E-state index is 0.0354. The summed E-state index contributed by atoms with van der Waals surface area (Å²) in [4.78, 5) is 33.4. The van der Waals surface area contributed by atoms with Gasteiger partial charge in [-0.1, -0.05) is 6.07 Å². The predicted octanol–water partition coefficient (Wildman–Crippen LogP) is 2.22. The van der Waals surface area contributed by atoms with Gasteiger partial charge in [-0.3, -0.25) is 14.7 Å². The van der Waals surface area contributed by atoms with Crippen molar-refractivity contribution < 1.29 is 14.3 Å². The van der Waals surface area contributed by atoms with Crippen LogP contribution in [-0.2, 0) is 4.79 Å². The molecule has 2 aromatic heterocycles.